The van der Waals surface area contributed by atoms with Gasteiger partial charge in [-0.05, 0) is 42.7 Å². The molecule has 11 nitrogen and oxygen atoms in total. The summed E-state index contributed by atoms with van der Waals surface area (Å²) in [7, 11) is -12.6. The highest BCUT2D eigenvalue weighted by Crippen LogP contribution is 2.53. The fourth-order valence-corrected chi connectivity index (χ4v) is 5.23. The van der Waals surface area contributed by atoms with Crippen molar-refractivity contribution in [2.24, 2.45) is 5.41 Å². The first-order chi connectivity index (χ1) is 20.0. The van der Waals surface area contributed by atoms with Crippen molar-refractivity contribution in [2.45, 2.75) is 70.8 Å². The lowest BCUT2D eigenvalue weighted by Gasteiger charge is -2.37. The normalized spacial score (nSPS) is 15.7. The second kappa shape index (κ2) is 11.9. The van der Waals surface area contributed by atoms with Gasteiger partial charge >= 0.3 is 37.2 Å². The molecule has 0 saturated carbocycles. The Bertz CT molecular complexity index is 1670. The van der Waals surface area contributed by atoms with Gasteiger partial charge in [-0.2, -0.15) is 43.2 Å². The van der Waals surface area contributed by atoms with E-state index < -0.39 is 77.0 Å². The van der Waals surface area contributed by atoms with Crippen LogP contribution in [-0.4, -0.2) is 57.5 Å². The zero-order valence-electron chi connectivity index (χ0n) is 24.1. The molecule has 2 aromatic heterocycles. The number of halogens is 6. The van der Waals surface area contributed by atoms with Crippen LogP contribution in [0.4, 0.5) is 26.3 Å². The SMILES string of the molecule is CCCCOc1cc2c(nc1C)-c1nc(OS(=O)(=O)C(F)(F)F)c(C(=O)OC)c(OS(=O)(=O)C(F)(F)F)c1C(C(C)(C)C)C2. The number of carbonyl (C=O) groups is 1. The molecule has 1 aliphatic rings. The number of esters is 1. The minimum atomic E-state index is -6.62. The maximum absolute atomic E-state index is 13.5. The zero-order chi connectivity index (χ0) is 33.6. The molecule has 0 spiro atoms. The van der Waals surface area contributed by atoms with Crippen LogP contribution < -0.4 is 13.1 Å². The van der Waals surface area contributed by atoms with Crippen LogP contribution in [0, 0.1) is 12.3 Å². The van der Waals surface area contributed by atoms with Crippen LogP contribution in [0.1, 0.15) is 73.6 Å². The van der Waals surface area contributed by atoms with E-state index in [-0.39, 0.29) is 17.8 Å². The average Bonchev–Trinajstić information content (AvgIpc) is 2.86. The van der Waals surface area contributed by atoms with E-state index in [1.165, 1.54) is 13.0 Å². The van der Waals surface area contributed by atoms with Crippen molar-refractivity contribution in [3.63, 3.8) is 0 Å². The molecule has 0 N–H and O–H groups in total. The molecule has 0 bridgehead atoms. The third-order valence-electron chi connectivity index (χ3n) is 6.54. The summed E-state index contributed by atoms with van der Waals surface area (Å²) in [4.78, 5) is 21.0. The smallest absolute Gasteiger partial charge is 0.492 e. The van der Waals surface area contributed by atoms with Gasteiger partial charge in [0.25, 0.3) is 5.88 Å². The highest BCUT2D eigenvalue weighted by molar-refractivity contribution is 7.88. The number of hydrogen-bond donors (Lipinski definition) is 0. The molecule has 0 fully saturated rings. The number of unbranched alkanes of at least 4 members (excludes halogenated alkanes) is 1. The van der Waals surface area contributed by atoms with E-state index in [2.05, 4.69) is 23.1 Å². The van der Waals surface area contributed by atoms with E-state index in [4.69, 9.17) is 4.74 Å². The van der Waals surface area contributed by atoms with Crippen LogP contribution >= 0.6 is 0 Å². The van der Waals surface area contributed by atoms with Gasteiger partial charge in [0.2, 0.25) is 0 Å². The van der Waals surface area contributed by atoms with Gasteiger partial charge in [-0.15, -0.1) is 0 Å². The number of fused-ring (bicyclic) bond motifs is 3. The highest BCUT2D eigenvalue weighted by Gasteiger charge is 2.53. The van der Waals surface area contributed by atoms with Gasteiger partial charge in [-0.3, -0.25) is 0 Å². The quantitative estimate of drug-likeness (QED) is 0.108. The molecule has 0 amide bonds. The van der Waals surface area contributed by atoms with Crippen LogP contribution in [-0.2, 0) is 31.4 Å². The number of rotatable bonds is 9. The number of nitrogens with zero attached hydrogens (tertiary/aromatic N) is 2. The highest BCUT2D eigenvalue weighted by atomic mass is 32.2. The fourth-order valence-electron chi connectivity index (χ4n) is 4.32. The lowest BCUT2D eigenvalue weighted by atomic mass is 9.69. The number of pyridine rings is 2. The number of aryl methyl sites for hydroxylation is 1. The number of alkyl halides is 6. The lowest BCUT2D eigenvalue weighted by molar-refractivity contribution is -0.0503. The molecule has 246 valence electrons. The first-order valence-electron chi connectivity index (χ1n) is 12.8. The van der Waals surface area contributed by atoms with Gasteiger partial charge in [-0.1, -0.05) is 34.1 Å². The molecule has 19 heteroatoms. The van der Waals surface area contributed by atoms with Crippen LogP contribution in [0.5, 0.6) is 17.4 Å². The van der Waals surface area contributed by atoms with Crippen molar-refractivity contribution in [3.05, 3.63) is 28.5 Å². The summed E-state index contributed by atoms with van der Waals surface area (Å²) in [5.41, 5.74) is -15.4. The van der Waals surface area contributed by atoms with Crippen LogP contribution in [0.2, 0.25) is 0 Å². The first-order valence-corrected chi connectivity index (χ1v) is 15.6. The second-order valence-electron chi connectivity index (χ2n) is 10.7. The van der Waals surface area contributed by atoms with Crippen molar-refractivity contribution >= 4 is 26.2 Å². The van der Waals surface area contributed by atoms with E-state index >= 15 is 0 Å². The number of aromatic nitrogens is 2. The summed E-state index contributed by atoms with van der Waals surface area (Å²) in [5.74, 6) is -5.75. The van der Waals surface area contributed by atoms with Crippen molar-refractivity contribution in [1.82, 2.24) is 9.97 Å². The van der Waals surface area contributed by atoms with E-state index in [9.17, 15) is 48.0 Å². The summed E-state index contributed by atoms with van der Waals surface area (Å²) in [6.07, 6.45) is 1.41. The third-order valence-corrected chi connectivity index (χ3v) is 8.43. The first kappa shape index (κ1) is 35.1. The summed E-state index contributed by atoms with van der Waals surface area (Å²) in [6.45, 7) is 8.52. The van der Waals surface area contributed by atoms with E-state index in [1.54, 1.807) is 20.8 Å². The van der Waals surface area contributed by atoms with Crippen LogP contribution in [0.25, 0.3) is 11.4 Å². The lowest BCUT2D eigenvalue weighted by Crippen LogP contribution is -2.33. The van der Waals surface area contributed by atoms with Gasteiger partial charge in [0, 0.05) is 5.56 Å². The van der Waals surface area contributed by atoms with E-state index in [0.717, 1.165) is 6.42 Å². The molecule has 0 aliphatic heterocycles. The predicted octanol–water partition coefficient (Wildman–Crippen LogP) is 5.56. The van der Waals surface area contributed by atoms with Crippen LogP contribution in [0.3, 0.4) is 0 Å². The summed E-state index contributed by atoms with van der Waals surface area (Å²) in [5, 5.41) is 0. The molecular weight excluding hydrogens is 650 g/mol. The van der Waals surface area contributed by atoms with Crippen molar-refractivity contribution < 1.29 is 65.8 Å². The number of carbonyl (C=O) groups excluding carboxylic acids is 1. The summed E-state index contributed by atoms with van der Waals surface area (Å²) < 4.78 is 148. The molecular formula is C25H28F6N2O9S2. The molecule has 0 aromatic carbocycles. The number of methoxy groups -OCH3 is 1. The Labute approximate surface area is 249 Å². The minimum absolute atomic E-state index is 0.0744. The van der Waals surface area contributed by atoms with E-state index in [1.807, 2.05) is 6.92 Å². The Morgan fingerprint density at radius 2 is 1.52 bits per heavy atom. The Balaban J connectivity index is 2.55. The van der Waals surface area contributed by atoms with Gasteiger partial charge < -0.3 is 17.8 Å². The third kappa shape index (κ3) is 6.82. The maximum atomic E-state index is 13.5. The molecule has 2 heterocycles. The van der Waals surface area contributed by atoms with Gasteiger partial charge in [0.15, 0.2) is 11.3 Å². The van der Waals surface area contributed by atoms with Gasteiger partial charge in [0.05, 0.1) is 25.1 Å². The Kier molecular flexibility index (Phi) is 9.47. The molecule has 1 aliphatic carbocycles. The minimum Gasteiger partial charge on any atom is -0.492 e. The standard InChI is InChI=1S/C25H28F6N2O9S2/c1-7-8-9-40-15-11-13-10-14(23(3,4)5)16-19(18(13)32-12(15)2)33-21(42-44(37,38)25(29,30)31)17(22(34)39-6)20(16)41-43(35,36)24(26,27)28/h11,14H,7-10H2,1-6H3. The monoisotopic (exact) mass is 678 g/mol. The van der Waals surface area contributed by atoms with Gasteiger partial charge in [0.1, 0.15) is 11.4 Å². The summed E-state index contributed by atoms with van der Waals surface area (Å²) >= 11 is 0. The zero-order valence-corrected chi connectivity index (χ0v) is 25.8. The maximum Gasteiger partial charge on any atom is 0.534 e. The molecule has 1 atom stereocenters. The average molecular weight is 679 g/mol. The Morgan fingerprint density at radius 3 is 2.02 bits per heavy atom. The predicted molar refractivity (Wildman–Crippen MR) is 141 cm³/mol. The molecule has 1 unspecified atom stereocenters. The van der Waals surface area contributed by atoms with Crippen molar-refractivity contribution in [2.75, 3.05) is 13.7 Å². The van der Waals surface area contributed by atoms with Crippen molar-refractivity contribution in [1.29, 1.82) is 0 Å². The fraction of sp³-hybridized carbons (Fsp3) is 0.560. The molecule has 0 radical (unpaired) electrons. The van der Waals surface area contributed by atoms with Gasteiger partial charge in [-0.25, -0.2) is 14.8 Å². The Morgan fingerprint density at radius 1 is 0.955 bits per heavy atom. The van der Waals surface area contributed by atoms with Crippen molar-refractivity contribution in [3.8, 4) is 28.8 Å². The molecule has 0 saturated heterocycles. The number of ether oxygens (including phenoxy) is 2. The molecule has 2 aromatic rings. The molecule has 44 heavy (non-hydrogen) atoms. The largest absolute Gasteiger partial charge is 0.534 e. The molecule has 3 rings (SSSR count). The Hall–Kier alpha value is -3.35. The van der Waals surface area contributed by atoms with Crippen LogP contribution in [0.15, 0.2) is 6.07 Å². The summed E-state index contributed by atoms with van der Waals surface area (Å²) in [6, 6.07) is 1.53. The topological polar surface area (TPSA) is 148 Å². The second-order valence-corrected chi connectivity index (χ2v) is 13.8. The number of hydrogen-bond acceptors (Lipinski definition) is 11. The van der Waals surface area contributed by atoms with E-state index in [0.29, 0.717) is 31.5 Å².